The SMILES string of the molecule is O=C(/C=C/c1ccc(-c2ccc(Cl)cc2)cc1)Nc1ccc(CN2CCCCC2)c(Cl)c1. The number of halogens is 2. The van der Waals surface area contributed by atoms with Crippen LogP contribution in [0, 0.1) is 0 Å². The van der Waals surface area contributed by atoms with E-state index in [4.69, 9.17) is 23.2 Å². The number of nitrogens with zero attached hydrogens (tertiary/aromatic N) is 1. The predicted molar refractivity (Wildman–Crippen MR) is 135 cm³/mol. The Balaban J connectivity index is 1.33. The molecule has 0 saturated carbocycles. The Bertz CT molecular complexity index is 1090. The van der Waals surface area contributed by atoms with Gasteiger partial charge in [0.15, 0.2) is 0 Å². The minimum absolute atomic E-state index is 0.188. The fraction of sp³-hybridized carbons (Fsp3) is 0.222. The molecule has 3 aromatic carbocycles. The number of benzene rings is 3. The molecule has 1 fully saturated rings. The maximum absolute atomic E-state index is 12.4. The molecule has 1 aliphatic rings. The molecule has 1 N–H and O–H groups in total. The van der Waals surface area contributed by atoms with E-state index in [0.717, 1.165) is 46.9 Å². The average Bonchev–Trinajstić information content (AvgIpc) is 2.81. The zero-order chi connectivity index (χ0) is 22.3. The first kappa shape index (κ1) is 22.6. The minimum Gasteiger partial charge on any atom is -0.322 e. The molecular weight excluding hydrogens is 439 g/mol. The van der Waals surface area contributed by atoms with E-state index in [2.05, 4.69) is 10.2 Å². The second-order valence-corrected chi connectivity index (χ2v) is 8.94. The van der Waals surface area contributed by atoms with Crippen LogP contribution < -0.4 is 5.32 Å². The van der Waals surface area contributed by atoms with Gasteiger partial charge in [-0.05, 0) is 78.5 Å². The number of hydrogen-bond acceptors (Lipinski definition) is 2. The fourth-order valence-corrected chi connectivity index (χ4v) is 4.26. The van der Waals surface area contributed by atoms with Crippen molar-refractivity contribution in [2.24, 2.45) is 0 Å². The lowest BCUT2D eigenvalue weighted by molar-refractivity contribution is -0.111. The van der Waals surface area contributed by atoms with Gasteiger partial charge in [0.1, 0.15) is 0 Å². The maximum atomic E-state index is 12.4. The van der Waals surface area contributed by atoms with Gasteiger partial charge < -0.3 is 5.32 Å². The van der Waals surface area contributed by atoms with Crippen LogP contribution in [0.2, 0.25) is 10.0 Å². The van der Waals surface area contributed by atoms with Crippen LogP contribution in [0.4, 0.5) is 5.69 Å². The van der Waals surface area contributed by atoms with Crippen LogP contribution in [0.25, 0.3) is 17.2 Å². The molecule has 32 heavy (non-hydrogen) atoms. The van der Waals surface area contributed by atoms with Crippen LogP contribution in [0.5, 0.6) is 0 Å². The van der Waals surface area contributed by atoms with Crippen molar-refractivity contribution in [2.45, 2.75) is 25.8 Å². The van der Waals surface area contributed by atoms with Crippen LogP contribution in [-0.4, -0.2) is 23.9 Å². The number of hydrogen-bond donors (Lipinski definition) is 1. The zero-order valence-corrected chi connectivity index (χ0v) is 19.4. The van der Waals surface area contributed by atoms with Crippen LogP contribution in [-0.2, 0) is 11.3 Å². The Hall–Kier alpha value is -2.59. The quantitative estimate of drug-likeness (QED) is 0.388. The molecule has 0 atom stereocenters. The summed E-state index contributed by atoms with van der Waals surface area (Å²) in [6, 6.07) is 21.5. The molecule has 1 aliphatic heterocycles. The summed E-state index contributed by atoms with van der Waals surface area (Å²) in [6.45, 7) is 3.11. The van der Waals surface area contributed by atoms with Crippen LogP contribution in [0.3, 0.4) is 0 Å². The second-order valence-electron chi connectivity index (χ2n) is 8.09. The van der Waals surface area contributed by atoms with Crippen LogP contribution >= 0.6 is 23.2 Å². The summed E-state index contributed by atoms with van der Waals surface area (Å²) < 4.78 is 0. The molecule has 0 unspecified atom stereocenters. The largest absolute Gasteiger partial charge is 0.322 e. The summed E-state index contributed by atoms with van der Waals surface area (Å²) >= 11 is 12.4. The number of nitrogens with one attached hydrogen (secondary N) is 1. The van der Waals surface area contributed by atoms with E-state index in [1.807, 2.05) is 66.7 Å². The first-order valence-corrected chi connectivity index (χ1v) is 11.7. The van der Waals surface area contributed by atoms with Gasteiger partial charge in [0, 0.05) is 28.4 Å². The summed E-state index contributed by atoms with van der Waals surface area (Å²) in [5.41, 5.74) is 4.95. The fourth-order valence-electron chi connectivity index (χ4n) is 3.90. The lowest BCUT2D eigenvalue weighted by atomic mass is 10.0. The van der Waals surface area contributed by atoms with Crippen molar-refractivity contribution < 1.29 is 4.79 Å². The Morgan fingerprint density at radius 1 is 0.875 bits per heavy atom. The highest BCUT2D eigenvalue weighted by atomic mass is 35.5. The van der Waals surface area contributed by atoms with Gasteiger partial charge in [0.2, 0.25) is 5.91 Å². The van der Waals surface area contributed by atoms with Crippen molar-refractivity contribution in [1.29, 1.82) is 0 Å². The van der Waals surface area contributed by atoms with E-state index >= 15 is 0 Å². The van der Waals surface area contributed by atoms with Gasteiger partial charge in [0.05, 0.1) is 0 Å². The molecule has 4 rings (SSSR count). The number of amides is 1. The summed E-state index contributed by atoms with van der Waals surface area (Å²) in [5.74, 6) is -0.188. The molecule has 0 spiro atoms. The first-order valence-electron chi connectivity index (χ1n) is 10.9. The van der Waals surface area contributed by atoms with Gasteiger partial charge in [-0.3, -0.25) is 9.69 Å². The van der Waals surface area contributed by atoms with Crippen molar-refractivity contribution >= 4 is 40.9 Å². The van der Waals surface area contributed by atoms with Crippen molar-refractivity contribution in [2.75, 3.05) is 18.4 Å². The van der Waals surface area contributed by atoms with Crippen LogP contribution in [0.1, 0.15) is 30.4 Å². The van der Waals surface area contributed by atoms with Crippen molar-refractivity contribution in [1.82, 2.24) is 4.90 Å². The standard InChI is InChI=1S/C27H26Cl2N2O/c28-24-12-9-22(10-13-24)21-7-4-20(5-8-21)6-15-27(32)30-25-14-11-23(26(29)18-25)19-31-16-2-1-3-17-31/h4-15,18H,1-3,16-17,19H2,(H,30,32)/b15-6+. The molecule has 1 amide bonds. The maximum Gasteiger partial charge on any atom is 0.248 e. The Morgan fingerprint density at radius 2 is 1.53 bits per heavy atom. The van der Waals surface area contributed by atoms with E-state index < -0.39 is 0 Å². The minimum atomic E-state index is -0.188. The average molecular weight is 465 g/mol. The molecule has 3 nitrogen and oxygen atoms in total. The smallest absolute Gasteiger partial charge is 0.248 e. The number of carbonyl (C=O) groups excluding carboxylic acids is 1. The Kier molecular flexibility index (Phi) is 7.64. The van der Waals surface area contributed by atoms with Gasteiger partial charge in [-0.15, -0.1) is 0 Å². The van der Waals surface area contributed by atoms with Gasteiger partial charge >= 0.3 is 0 Å². The third-order valence-electron chi connectivity index (χ3n) is 5.68. The molecule has 164 valence electrons. The molecule has 0 aromatic heterocycles. The van der Waals surface area contributed by atoms with E-state index in [0.29, 0.717) is 10.7 Å². The topological polar surface area (TPSA) is 32.3 Å². The van der Waals surface area contributed by atoms with Gasteiger partial charge in [-0.1, -0.05) is 72.1 Å². The molecule has 0 bridgehead atoms. The van der Waals surface area contributed by atoms with Crippen molar-refractivity contribution in [3.05, 3.63) is 94.0 Å². The summed E-state index contributed by atoms with van der Waals surface area (Å²) in [4.78, 5) is 14.8. The molecular formula is C27H26Cl2N2O. The number of likely N-dealkylation sites (tertiary alicyclic amines) is 1. The number of rotatable bonds is 6. The van der Waals surface area contributed by atoms with E-state index in [-0.39, 0.29) is 5.91 Å². The van der Waals surface area contributed by atoms with Crippen molar-refractivity contribution in [3.8, 4) is 11.1 Å². The Morgan fingerprint density at radius 3 is 2.19 bits per heavy atom. The van der Waals surface area contributed by atoms with Gasteiger partial charge in [0.25, 0.3) is 0 Å². The Labute approximate surface area is 199 Å². The highest BCUT2D eigenvalue weighted by Gasteiger charge is 2.12. The molecule has 3 aromatic rings. The summed E-state index contributed by atoms with van der Waals surface area (Å²) in [7, 11) is 0. The van der Waals surface area contributed by atoms with E-state index in [9.17, 15) is 4.79 Å². The number of carbonyl (C=O) groups is 1. The lowest BCUT2D eigenvalue weighted by Crippen LogP contribution is -2.29. The predicted octanol–water partition coefficient (Wildman–Crippen LogP) is 7.30. The molecule has 1 heterocycles. The monoisotopic (exact) mass is 464 g/mol. The molecule has 0 aliphatic carbocycles. The zero-order valence-electron chi connectivity index (χ0n) is 17.9. The number of piperidine rings is 1. The normalized spacial score (nSPS) is 14.6. The highest BCUT2D eigenvalue weighted by molar-refractivity contribution is 6.31. The highest BCUT2D eigenvalue weighted by Crippen LogP contribution is 2.24. The number of anilines is 1. The summed E-state index contributed by atoms with van der Waals surface area (Å²) in [5, 5.41) is 4.30. The van der Waals surface area contributed by atoms with E-state index in [1.54, 1.807) is 6.08 Å². The summed E-state index contributed by atoms with van der Waals surface area (Å²) in [6.07, 6.45) is 7.15. The van der Waals surface area contributed by atoms with E-state index in [1.165, 1.54) is 25.3 Å². The van der Waals surface area contributed by atoms with Crippen molar-refractivity contribution in [3.63, 3.8) is 0 Å². The van der Waals surface area contributed by atoms with Gasteiger partial charge in [-0.2, -0.15) is 0 Å². The third-order valence-corrected chi connectivity index (χ3v) is 6.28. The molecule has 0 radical (unpaired) electrons. The third kappa shape index (κ3) is 6.23. The van der Waals surface area contributed by atoms with Crippen LogP contribution in [0.15, 0.2) is 72.8 Å². The molecule has 5 heteroatoms. The first-order chi connectivity index (χ1) is 15.6. The molecule has 1 saturated heterocycles. The lowest BCUT2D eigenvalue weighted by Gasteiger charge is -2.26. The van der Waals surface area contributed by atoms with Gasteiger partial charge in [-0.25, -0.2) is 0 Å². The second kappa shape index (κ2) is 10.8.